The quantitative estimate of drug-likeness (QED) is 0.676. The minimum Gasteiger partial charge on any atom is -0.462 e. The average molecular weight is 299 g/mol. The Hall–Kier alpha value is -2.38. The summed E-state index contributed by atoms with van der Waals surface area (Å²) in [4.78, 5) is 15.7. The lowest BCUT2D eigenvalue weighted by molar-refractivity contribution is 0.0526. The standard InChI is InChI=1S/C15H14BNO5/c1-2-20-15(18)10-6-7-14(17-8-10)22-13-5-3-4-12-11(13)9-21-16(12)19/h3-8,19H,2,9H2,1H3. The van der Waals surface area contributed by atoms with Gasteiger partial charge in [-0.15, -0.1) is 0 Å². The summed E-state index contributed by atoms with van der Waals surface area (Å²) in [6.07, 6.45) is 1.40. The predicted octanol–water partition coefficient (Wildman–Crippen LogP) is 1.27. The van der Waals surface area contributed by atoms with Crippen LogP contribution in [0.2, 0.25) is 0 Å². The molecule has 1 aliphatic heterocycles. The number of hydrogen-bond acceptors (Lipinski definition) is 6. The molecule has 0 spiro atoms. The molecule has 0 atom stereocenters. The summed E-state index contributed by atoms with van der Waals surface area (Å²) in [5.41, 5.74) is 1.86. The van der Waals surface area contributed by atoms with Gasteiger partial charge in [0, 0.05) is 17.8 Å². The van der Waals surface area contributed by atoms with Gasteiger partial charge in [0.1, 0.15) is 5.75 Å². The van der Waals surface area contributed by atoms with Crippen molar-refractivity contribution in [3.05, 3.63) is 47.7 Å². The summed E-state index contributed by atoms with van der Waals surface area (Å²) < 4.78 is 15.8. The highest BCUT2D eigenvalue weighted by Crippen LogP contribution is 2.26. The molecular weight excluding hydrogens is 285 g/mol. The number of pyridine rings is 1. The molecule has 0 bridgehead atoms. The van der Waals surface area contributed by atoms with Gasteiger partial charge in [0.05, 0.1) is 18.8 Å². The Bertz CT molecular complexity index is 689. The highest BCUT2D eigenvalue weighted by molar-refractivity contribution is 6.61. The molecule has 3 rings (SSSR count). The van der Waals surface area contributed by atoms with Crippen molar-refractivity contribution in [2.24, 2.45) is 0 Å². The van der Waals surface area contributed by atoms with Crippen LogP contribution in [0.1, 0.15) is 22.8 Å². The minimum atomic E-state index is -0.919. The lowest BCUT2D eigenvalue weighted by Crippen LogP contribution is -2.27. The summed E-state index contributed by atoms with van der Waals surface area (Å²) in [6, 6.07) is 8.53. The number of rotatable bonds is 4. The number of hydrogen-bond donors (Lipinski definition) is 1. The van der Waals surface area contributed by atoms with Crippen LogP contribution < -0.4 is 10.2 Å². The number of fused-ring (bicyclic) bond motifs is 1. The molecule has 2 aromatic rings. The van der Waals surface area contributed by atoms with Crippen molar-refractivity contribution in [3.8, 4) is 11.6 Å². The fraction of sp³-hybridized carbons (Fsp3) is 0.200. The van der Waals surface area contributed by atoms with E-state index in [-0.39, 0.29) is 6.61 Å². The maximum absolute atomic E-state index is 11.6. The molecular formula is C15H14BNO5. The van der Waals surface area contributed by atoms with Gasteiger partial charge in [-0.25, -0.2) is 9.78 Å². The third-order valence-corrected chi connectivity index (χ3v) is 3.28. The van der Waals surface area contributed by atoms with E-state index in [4.69, 9.17) is 14.1 Å². The van der Waals surface area contributed by atoms with E-state index in [0.717, 1.165) is 5.56 Å². The van der Waals surface area contributed by atoms with Crippen LogP contribution in [0.15, 0.2) is 36.5 Å². The van der Waals surface area contributed by atoms with Gasteiger partial charge in [0.15, 0.2) is 0 Å². The van der Waals surface area contributed by atoms with E-state index in [1.165, 1.54) is 6.20 Å². The van der Waals surface area contributed by atoms with Gasteiger partial charge < -0.3 is 19.2 Å². The van der Waals surface area contributed by atoms with Crippen molar-refractivity contribution in [1.29, 1.82) is 0 Å². The maximum Gasteiger partial charge on any atom is 0.491 e. The highest BCUT2D eigenvalue weighted by atomic mass is 16.5. The smallest absolute Gasteiger partial charge is 0.462 e. The fourth-order valence-corrected chi connectivity index (χ4v) is 2.20. The number of carbonyl (C=O) groups excluding carboxylic acids is 1. The Morgan fingerprint density at radius 3 is 3.00 bits per heavy atom. The van der Waals surface area contributed by atoms with Crippen LogP contribution in [0, 0.1) is 0 Å². The lowest BCUT2D eigenvalue weighted by atomic mass is 9.79. The van der Waals surface area contributed by atoms with E-state index < -0.39 is 13.1 Å². The van der Waals surface area contributed by atoms with Gasteiger partial charge in [-0.1, -0.05) is 12.1 Å². The van der Waals surface area contributed by atoms with Gasteiger partial charge in [0.2, 0.25) is 5.88 Å². The molecule has 112 valence electrons. The van der Waals surface area contributed by atoms with E-state index in [1.807, 2.05) is 0 Å². The van der Waals surface area contributed by atoms with Crippen LogP contribution in [-0.4, -0.2) is 29.7 Å². The predicted molar refractivity (Wildman–Crippen MR) is 79.1 cm³/mol. The summed E-state index contributed by atoms with van der Waals surface area (Å²) >= 11 is 0. The SMILES string of the molecule is CCOC(=O)c1ccc(Oc2cccc3c2COB3O)nc1. The van der Waals surface area contributed by atoms with Gasteiger partial charge >= 0.3 is 13.1 Å². The summed E-state index contributed by atoms with van der Waals surface area (Å²) in [5.74, 6) is 0.506. The summed E-state index contributed by atoms with van der Waals surface area (Å²) in [5, 5.41) is 9.68. The van der Waals surface area contributed by atoms with Crippen molar-refractivity contribution in [2.75, 3.05) is 6.61 Å². The first-order valence-electron chi connectivity index (χ1n) is 6.91. The molecule has 0 amide bonds. The molecule has 1 aliphatic rings. The third kappa shape index (κ3) is 2.81. The number of aromatic nitrogens is 1. The van der Waals surface area contributed by atoms with Crippen LogP contribution >= 0.6 is 0 Å². The van der Waals surface area contributed by atoms with Crippen molar-refractivity contribution in [2.45, 2.75) is 13.5 Å². The van der Waals surface area contributed by atoms with E-state index in [0.29, 0.717) is 29.3 Å². The molecule has 1 aromatic heterocycles. The number of nitrogens with zero attached hydrogens (tertiary/aromatic N) is 1. The highest BCUT2D eigenvalue weighted by Gasteiger charge is 2.29. The maximum atomic E-state index is 11.6. The van der Waals surface area contributed by atoms with E-state index in [9.17, 15) is 9.82 Å². The zero-order valence-corrected chi connectivity index (χ0v) is 12.0. The molecule has 0 fully saturated rings. The zero-order chi connectivity index (χ0) is 15.5. The van der Waals surface area contributed by atoms with Crippen LogP contribution in [0.4, 0.5) is 0 Å². The van der Waals surface area contributed by atoms with E-state index in [2.05, 4.69) is 4.98 Å². The Morgan fingerprint density at radius 1 is 1.41 bits per heavy atom. The molecule has 0 saturated carbocycles. The molecule has 6 nitrogen and oxygen atoms in total. The van der Waals surface area contributed by atoms with Crippen LogP contribution in [0.3, 0.4) is 0 Å². The first-order valence-corrected chi connectivity index (χ1v) is 6.91. The Kier molecular flexibility index (Phi) is 4.08. The third-order valence-electron chi connectivity index (χ3n) is 3.28. The van der Waals surface area contributed by atoms with Crippen molar-refractivity contribution in [3.63, 3.8) is 0 Å². The zero-order valence-electron chi connectivity index (χ0n) is 12.0. The monoisotopic (exact) mass is 299 g/mol. The van der Waals surface area contributed by atoms with E-state index >= 15 is 0 Å². The second-order valence-corrected chi connectivity index (χ2v) is 4.69. The molecule has 0 radical (unpaired) electrons. The molecule has 1 N–H and O–H groups in total. The minimum absolute atomic E-state index is 0.285. The van der Waals surface area contributed by atoms with Gasteiger partial charge in [-0.3, -0.25) is 0 Å². The molecule has 2 heterocycles. The van der Waals surface area contributed by atoms with Crippen LogP contribution in [0.5, 0.6) is 11.6 Å². The molecule has 7 heteroatoms. The number of esters is 1. The molecule has 0 unspecified atom stereocenters. The van der Waals surface area contributed by atoms with Crippen LogP contribution in [-0.2, 0) is 16.0 Å². The number of carbonyl (C=O) groups is 1. The summed E-state index contributed by atoms with van der Waals surface area (Å²) in [7, 11) is -0.919. The Morgan fingerprint density at radius 2 is 2.27 bits per heavy atom. The second kappa shape index (κ2) is 6.17. The second-order valence-electron chi connectivity index (χ2n) is 4.69. The largest absolute Gasteiger partial charge is 0.491 e. The number of benzene rings is 1. The average Bonchev–Trinajstić information content (AvgIpc) is 2.91. The molecule has 1 aromatic carbocycles. The van der Waals surface area contributed by atoms with Crippen molar-refractivity contribution in [1.82, 2.24) is 4.98 Å². The fourth-order valence-electron chi connectivity index (χ4n) is 2.20. The van der Waals surface area contributed by atoms with E-state index in [1.54, 1.807) is 37.3 Å². The van der Waals surface area contributed by atoms with Gasteiger partial charge in [0.25, 0.3) is 0 Å². The summed E-state index contributed by atoms with van der Waals surface area (Å²) in [6.45, 7) is 2.35. The first kappa shape index (κ1) is 14.6. The topological polar surface area (TPSA) is 77.9 Å². The number of ether oxygens (including phenoxy) is 2. The molecule has 22 heavy (non-hydrogen) atoms. The lowest BCUT2D eigenvalue weighted by Gasteiger charge is -2.09. The molecule has 0 aliphatic carbocycles. The first-order chi connectivity index (χ1) is 10.7. The Labute approximate surface area is 127 Å². The van der Waals surface area contributed by atoms with Crippen molar-refractivity contribution >= 4 is 18.6 Å². The Balaban J connectivity index is 1.79. The van der Waals surface area contributed by atoms with Crippen molar-refractivity contribution < 1.29 is 23.9 Å². The normalized spacial score (nSPS) is 12.9. The van der Waals surface area contributed by atoms with Gasteiger partial charge in [-0.05, 0) is 24.5 Å². The van der Waals surface area contributed by atoms with Gasteiger partial charge in [-0.2, -0.15) is 0 Å². The van der Waals surface area contributed by atoms with Crippen LogP contribution in [0.25, 0.3) is 0 Å². The molecule has 0 saturated heterocycles.